The zero-order chi connectivity index (χ0) is 13.6. The molecule has 1 N–H and O–H groups in total. The zero-order valence-electron chi connectivity index (χ0n) is 10.9. The van der Waals surface area contributed by atoms with Crippen molar-refractivity contribution in [2.45, 2.75) is 38.2 Å². The minimum Gasteiger partial charge on any atom is -0.468 e. The molecule has 0 amide bonds. The highest BCUT2D eigenvalue weighted by Crippen LogP contribution is 2.40. The van der Waals surface area contributed by atoms with Crippen molar-refractivity contribution < 1.29 is 23.0 Å². The molecule has 0 aromatic heterocycles. The summed E-state index contributed by atoms with van der Waals surface area (Å²) >= 11 is 0. The first-order chi connectivity index (χ1) is 8.56. The van der Waals surface area contributed by atoms with E-state index in [0.717, 1.165) is 19.3 Å². The first-order valence-corrected chi connectivity index (χ1v) is 6.26. The Morgan fingerprint density at radius 3 is 2.61 bits per heavy atom. The van der Waals surface area contributed by atoms with Gasteiger partial charge in [0.15, 0.2) is 0 Å². The summed E-state index contributed by atoms with van der Waals surface area (Å²) in [5.74, 6) is -0.304. The number of halogens is 2. The third-order valence-corrected chi connectivity index (χ3v) is 3.09. The van der Waals surface area contributed by atoms with Gasteiger partial charge in [0, 0.05) is 0 Å². The lowest BCUT2D eigenvalue weighted by Crippen LogP contribution is -2.58. The van der Waals surface area contributed by atoms with Gasteiger partial charge in [-0.1, -0.05) is 6.92 Å². The van der Waals surface area contributed by atoms with E-state index in [1.165, 1.54) is 7.11 Å². The maximum absolute atomic E-state index is 12.1. The van der Waals surface area contributed by atoms with Gasteiger partial charge in [0.05, 0.1) is 13.7 Å². The fourth-order valence-electron chi connectivity index (χ4n) is 2.03. The van der Waals surface area contributed by atoms with E-state index in [1.54, 1.807) is 0 Å². The highest BCUT2D eigenvalue weighted by atomic mass is 19.3. The van der Waals surface area contributed by atoms with Crippen LogP contribution in [0.1, 0.15) is 26.2 Å². The van der Waals surface area contributed by atoms with E-state index < -0.39 is 24.5 Å². The zero-order valence-corrected chi connectivity index (χ0v) is 10.9. The Labute approximate surface area is 106 Å². The van der Waals surface area contributed by atoms with E-state index in [4.69, 9.17) is 9.47 Å². The Kier molecular flexibility index (Phi) is 5.95. The Bertz CT molecular complexity index is 272. The fraction of sp³-hybridized carbons (Fsp3) is 0.917. The Balaban J connectivity index is 2.66. The number of rotatable bonds is 9. The van der Waals surface area contributed by atoms with E-state index in [9.17, 15) is 13.6 Å². The maximum atomic E-state index is 12.1. The van der Waals surface area contributed by atoms with Gasteiger partial charge < -0.3 is 9.47 Å². The molecule has 4 nitrogen and oxygen atoms in total. The molecule has 18 heavy (non-hydrogen) atoms. The van der Waals surface area contributed by atoms with E-state index in [0.29, 0.717) is 6.54 Å². The van der Waals surface area contributed by atoms with Gasteiger partial charge in [0.1, 0.15) is 12.1 Å². The van der Waals surface area contributed by atoms with Crippen molar-refractivity contribution in [3.63, 3.8) is 0 Å². The van der Waals surface area contributed by atoms with E-state index in [2.05, 4.69) is 5.32 Å². The molecule has 1 atom stereocenters. The van der Waals surface area contributed by atoms with Crippen molar-refractivity contribution in [2.75, 3.05) is 26.9 Å². The van der Waals surface area contributed by atoms with Crippen LogP contribution >= 0.6 is 0 Å². The van der Waals surface area contributed by atoms with Gasteiger partial charge >= 0.3 is 5.97 Å². The van der Waals surface area contributed by atoms with Gasteiger partial charge in [-0.25, -0.2) is 13.6 Å². The second kappa shape index (κ2) is 6.99. The topological polar surface area (TPSA) is 47.6 Å². The van der Waals surface area contributed by atoms with Crippen molar-refractivity contribution in [1.29, 1.82) is 0 Å². The first-order valence-electron chi connectivity index (χ1n) is 6.26. The molecule has 0 radical (unpaired) electrons. The SMILES string of the molecule is CCCNC(COCC(F)F)(C(=O)OC)C1CC1. The summed E-state index contributed by atoms with van der Waals surface area (Å²) < 4.78 is 34.0. The molecule has 0 aliphatic heterocycles. The van der Waals surface area contributed by atoms with Crippen LogP contribution in [-0.2, 0) is 14.3 Å². The fourth-order valence-corrected chi connectivity index (χ4v) is 2.03. The minimum atomic E-state index is -2.52. The highest BCUT2D eigenvalue weighted by molar-refractivity contribution is 5.82. The molecular formula is C12H21F2NO3. The van der Waals surface area contributed by atoms with E-state index in [1.807, 2.05) is 6.92 Å². The molecule has 0 saturated heterocycles. The summed E-state index contributed by atoms with van der Waals surface area (Å²) in [4.78, 5) is 11.9. The lowest BCUT2D eigenvalue weighted by atomic mass is 9.94. The summed E-state index contributed by atoms with van der Waals surface area (Å²) in [6.45, 7) is 1.89. The van der Waals surface area contributed by atoms with Crippen LogP contribution in [0.3, 0.4) is 0 Å². The van der Waals surface area contributed by atoms with Crippen LogP contribution in [-0.4, -0.2) is 44.8 Å². The van der Waals surface area contributed by atoms with Gasteiger partial charge in [0.25, 0.3) is 6.43 Å². The number of esters is 1. The molecule has 106 valence electrons. The van der Waals surface area contributed by atoms with Gasteiger partial charge in [-0.3, -0.25) is 5.32 Å². The minimum absolute atomic E-state index is 0.0608. The van der Waals surface area contributed by atoms with Gasteiger partial charge in [-0.2, -0.15) is 0 Å². The molecule has 0 aromatic carbocycles. The van der Waals surface area contributed by atoms with E-state index >= 15 is 0 Å². The number of hydrogen-bond acceptors (Lipinski definition) is 4. The smallest absolute Gasteiger partial charge is 0.328 e. The molecule has 1 fully saturated rings. The molecule has 6 heteroatoms. The van der Waals surface area contributed by atoms with Gasteiger partial charge in [-0.15, -0.1) is 0 Å². The second-order valence-corrected chi connectivity index (χ2v) is 4.57. The second-order valence-electron chi connectivity index (χ2n) is 4.57. The van der Waals surface area contributed by atoms with Gasteiger partial charge in [-0.05, 0) is 31.7 Å². The third-order valence-electron chi connectivity index (χ3n) is 3.09. The van der Waals surface area contributed by atoms with E-state index in [-0.39, 0.29) is 12.5 Å². The summed E-state index contributed by atoms with van der Waals surface area (Å²) in [5.41, 5.74) is -0.959. The number of alkyl halides is 2. The predicted molar refractivity (Wildman–Crippen MR) is 62.6 cm³/mol. The van der Waals surface area contributed by atoms with Crippen LogP contribution < -0.4 is 5.32 Å². The lowest BCUT2D eigenvalue weighted by molar-refractivity contribution is -0.154. The van der Waals surface area contributed by atoms with Crippen molar-refractivity contribution in [2.24, 2.45) is 5.92 Å². The summed E-state index contributed by atoms with van der Waals surface area (Å²) in [6.07, 6.45) is 0.110. The number of nitrogens with one attached hydrogen (secondary N) is 1. The van der Waals surface area contributed by atoms with Gasteiger partial charge in [0.2, 0.25) is 0 Å². The van der Waals surface area contributed by atoms with Crippen molar-refractivity contribution in [3.8, 4) is 0 Å². The highest BCUT2D eigenvalue weighted by Gasteiger charge is 2.51. The Morgan fingerprint density at radius 2 is 2.17 bits per heavy atom. The average Bonchev–Trinajstić information content (AvgIpc) is 3.16. The third kappa shape index (κ3) is 3.88. The molecule has 1 saturated carbocycles. The molecule has 0 aromatic rings. The maximum Gasteiger partial charge on any atom is 0.328 e. The van der Waals surface area contributed by atoms with Crippen molar-refractivity contribution in [1.82, 2.24) is 5.32 Å². The molecular weight excluding hydrogens is 244 g/mol. The van der Waals surface area contributed by atoms with Crippen LogP contribution in [0.5, 0.6) is 0 Å². The average molecular weight is 265 g/mol. The monoisotopic (exact) mass is 265 g/mol. The lowest BCUT2D eigenvalue weighted by Gasteiger charge is -2.32. The van der Waals surface area contributed by atoms with Crippen molar-refractivity contribution in [3.05, 3.63) is 0 Å². The number of hydrogen-bond donors (Lipinski definition) is 1. The Morgan fingerprint density at radius 1 is 1.50 bits per heavy atom. The van der Waals surface area contributed by atoms with Crippen LogP contribution in [0.25, 0.3) is 0 Å². The normalized spacial score (nSPS) is 18.7. The van der Waals surface area contributed by atoms with Crippen LogP contribution in [0.2, 0.25) is 0 Å². The predicted octanol–water partition coefficient (Wildman–Crippen LogP) is 1.59. The molecule has 1 rings (SSSR count). The van der Waals surface area contributed by atoms with Crippen molar-refractivity contribution >= 4 is 5.97 Å². The molecule has 0 bridgehead atoms. The first kappa shape index (κ1) is 15.3. The molecule has 1 aliphatic carbocycles. The molecule has 1 aliphatic rings. The number of carbonyl (C=O) groups is 1. The molecule has 0 spiro atoms. The summed E-state index contributed by atoms with van der Waals surface area (Å²) in [6, 6.07) is 0. The summed E-state index contributed by atoms with van der Waals surface area (Å²) in [7, 11) is 1.31. The largest absolute Gasteiger partial charge is 0.468 e. The quantitative estimate of drug-likeness (QED) is 0.643. The Hall–Kier alpha value is -0.750. The number of methoxy groups -OCH3 is 1. The van der Waals surface area contributed by atoms with Crippen LogP contribution in [0.15, 0.2) is 0 Å². The standard InChI is InChI=1S/C12H21F2NO3/c1-3-6-15-12(9-4-5-9,11(16)17-2)8-18-7-10(13)14/h9-10,15H,3-8H2,1-2H3. The van der Waals surface area contributed by atoms with Crippen LogP contribution in [0.4, 0.5) is 8.78 Å². The number of ether oxygens (including phenoxy) is 2. The molecule has 0 heterocycles. The molecule has 1 unspecified atom stereocenters. The number of carbonyl (C=O) groups excluding carboxylic acids is 1. The van der Waals surface area contributed by atoms with Crippen LogP contribution in [0, 0.1) is 5.92 Å². The summed E-state index contributed by atoms with van der Waals surface area (Å²) in [5, 5.41) is 3.12.